The van der Waals surface area contributed by atoms with Gasteiger partial charge in [-0.15, -0.1) is 0 Å². The molecule has 1 aliphatic heterocycles. The highest BCUT2D eigenvalue weighted by molar-refractivity contribution is 5.79. The quantitative estimate of drug-likeness (QED) is 0.846. The first-order chi connectivity index (χ1) is 9.11. The number of carbonyl (C=O) groups excluding carboxylic acids is 1. The number of nitrogens with zero attached hydrogens (tertiary/aromatic N) is 1. The second-order valence-electron chi connectivity index (χ2n) is 6.41. The van der Waals surface area contributed by atoms with E-state index < -0.39 is 0 Å². The molecule has 0 bridgehead atoms. The highest BCUT2D eigenvalue weighted by Gasteiger charge is 2.35. The smallest absolute Gasteiger partial charge is 0.227 e. The van der Waals surface area contributed by atoms with E-state index in [1.807, 2.05) is 4.90 Å². The Morgan fingerprint density at radius 3 is 2.58 bits per heavy atom. The van der Waals surface area contributed by atoms with Crippen molar-refractivity contribution in [2.75, 3.05) is 26.8 Å². The molecule has 0 radical (unpaired) electrons. The van der Waals surface area contributed by atoms with Gasteiger partial charge in [0.15, 0.2) is 0 Å². The SMILES string of the molecule is COCC1CCN(C(=O)C2CC(C)CCC2N)CC1. The Labute approximate surface area is 116 Å². The number of ether oxygens (including phenoxy) is 1. The molecule has 1 saturated heterocycles. The Balaban J connectivity index is 1.86. The molecule has 2 fully saturated rings. The molecule has 0 spiro atoms. The highest BCUT2D eigenvalue weighted by atomic mass is 16.5. The summed E-state index contributed by atoms with van der Waals surface area (Å²) in [6.07, 6.45) is 5.27. The molecule has 2 aliphatic rings. The van der Waals surface area contributed by atoms with Crippen LogP contribution in [-0.4, -0.2) is 43.7 Å². The zero-order valence-electron chi connectivity index (χ0n) is 12.3. The van der Waals surface area contributed by atoms with Gasteiger partial charge in [0.1, 0.15) is 0 Å². The Kier molecular flexibility index (Phi) is 5.22. The number of amides is 1. The number of nitrogens with two attached hydrogens (primary N) is 1. The molecular weight excluding hydrogens is 240 g/mol. The summed E-state index contributed by atoms with van der Waals surface area (Å²) in [5.74, 6) is 1.62. The van der Waals surface area contributed by atoms with Crippen LogP contribution in [0.5, 0.6) is 0 Å². The zero-order valence-corrected chi connectivity index (χ0v) is 12.3. The Morgan fingerprint density at radius 1 is 1.26 bits per heavy atom. The lowest BCUT2D eigenvalue weighted by molar-refractivity contribution is -0.139. The zero-order chi connectivity index (χ0) is 13.8. The summed E-state index contributed by atoms with van der Waals surface area (Å²) in [6, 6.07) is 0.0698. The standard InChI is InChI=1S/C15H28N2O2/c1-11-3-4-14(16)13(9-11)15(18)17-7-5-12(6-8-17)10-19-2/h11-14H,3-10,16H2,1-2H3. The molecule has 19 heavy (non-hydrogen) atoms. The minimum atomic E-state index is 0.0581. The fourth-order valence-corrected chi connectivity index (χ4v) is 3.48. The normalized spacial score (nSPS) is 33.4. The lowest BCUT2D eigenvalue weighted by Gasteiger charge is -2.38. The molecule has 0 aromatic carbocycles. The summed E-state index contributed by atoms with van der Waals surface area (Å²) in [5.41, 5.74) is 6.16. The predicted molar refractivity (Wildman–Crippen MR) is 75.7 cm³/mol. The van der Waals surface area contributed by atoms with Crippen LogP contribution in [0.2, 0.25) is 0 Å². The average molecular weight is 268 g/mol. The molecule has 2 rings (SSSR count). The van der Waals surface area contributed by atoms with Gasteiger partial charge in [-0.25, -0.2) is 0 Å². The van der Waals surface area contributed by atoms with E-state index in [1.54, 1.807) is 7.11 Å². The van der Waals surface area contributed by atoms with Crippen LogP contribution in [0.15, 0.2) is 0 Å². The van der Waals surface area contributed by atoms with Crippen molar-refractivity contribution >= 4 is 5.91 Å². The molecule has 0 aromatic rings. The van der Waals surface area contributed by atoms with Crippen LogP contribution in [0.4, 0.5) is 0 Å². The van der Waals surface area contributed by atoms with Gasteiger partial charge in [0.2, 0.25) is 5.91 Å². The van der Waals surface area contributed by atoms with Crippen LogP contribution in [0.25, 0.3) is 0 Å². The van der Waals surface area contributed by atoms with E-state index in [0.29, 0.717) is 17.7 Å². The fourth-order valence-electron chi connectivity index (χ4n) is 3.48. The summed E-state index contributed by atoms with van der Waals surface area (Å²) < 4.78 is 5.20. The van der Waals surface area contributed by atoms with Crippen molar-refractivity contribution in [1.29, 1.82) is 0 Å². The maximum absolute atomic E-state index is 12.6. The molecule has 1 heterocycles. The molecule has 110 valence electrons. The molecule has 0 aromatic heterocycles. The van der Waals surface area contributed by atoms with Crippen molar-refractivity contribution in [3.05, 3.63) is 0 Å². The number of carbonyl (C=O) groups is 1. The maximum Gasteiger partial charge on any atom is 0.227 e. The van der Waals surface area contributed by atoms with E-state index in [9.17, 15) is 4.79 Å². The van der Waals surface area contributed by atoms with Gasteiger partial charge < -0.3 is 15.4 Å². The predicted octanol–water partition coefficient (Wildman–Crippen LogP) is 1.63. The van der Waals surface area contributed by atoms with E-state index >= 15 is 0 Å². The molecule has 1 aliphatic carbocycles. The first-order valence-corrected chi connectivity index (χ1v) is 7.65. The third kappa shape index (κ3) is 3.69. The number of rotatable bonds is 3. The molecule has 1 saturated carbocycles. The summed E-state index contributed by atoms with van der Waals surface area (Å²) >= 11 is 0. The molecule has 3 unspecified atom stereocenters. The fraction of sp³-hybridized carbons (Fsp3) is 0.933. The van der Waals surface area contributed by atoms with E-state index in [1.165, 1.54) is 6.42 Å². The summed E-state index contributed by atoms with van der Waals surface area (Å²) in [6.45, 7) is 4.81. The van der Waals surface area contributed by atoms with Gasteiger partial charge in [-0.2, -0.15) is 0 Å². The van der Waals surface area contributed by atoms with Gasteiger partial charge in [-0.1, -0.05) is 6.92 Å². The van der Waals surface area contributed by atoms with Crippen LogP contribution in [0, 0.1) is 17.8 Å². The minimum absolute atomic E-state index is 0.0581. The van der Waals surface area contributed by atoms with Crippen molar-refractivity contribution < 1.29 is 9.53 Å². The van der Waals surface area contributed by atoms with Gasteiger partial charge in [0.05, 0.1) is 5.92 Å². The van der Waals surface area contributed by atoms with Crippen LogP contribution in [-0.2, 0) is 9.53 Å². The van der Waals surface area contributed by atoms with Crippen LogP contribution < -0.4 is 5.73 Å². The Bertz CT molecular complexity index is 301. The average Bonchev–Trinajstić information content (AvgIpc) is 2.42. The topological polar surface area (TPSA) is 55.6 Å². The van der Waals surface area contributed by atoms with Gasteiger partial charge in [-0.3, -0.25) is 4.79 Å². The maximum atomic E-state index is 12.6. The van der Waals surface area contributed by atoms with Gasteiger partial charge >= 0.3 is 0 Å². The highest BCUT2D eigenvalue weighted by Crippen LogP contribution is 2.30. The number of methoxy groups -OCH3 is 1. The number of piperidine rings is 1. The first-order valence-electron chi connectivity index (χ1n) is 7.65. The lowest BCUT2D eigenvalue weighted by atomic mass is 9.78. The molecule has 4 nitrogen and oxygen atoms in total. The van der Waals surface area contributed by atoms with Crippen molar-refractivity contribution in [1.82, 2.24) is 4.90 Å². The van der Waals surface area contributed by atoms with Crippen LogP contribution >= 0.6 is 0 Å². The number of hydrogen-bond acceptors (Lipinski definition) is 3. The summed E-state index contributed by atoms with van der Waals surface area (Å²) in [4.78, 5) is 14.6. The third-order valence-electron chi connectivity index (χ3n) is 4.81. The summed E-state index contributed by atoms with van der Waals surface area (Å²) in [7, 11) is 1.75. The minimum Gasteiger partial charge on any atom is -0.384 e. The van der Waals surface area contributed by atoms with E-state index in [2.05, 4.69) is 6.92 Å². The molecule has 3 atom stereocenters. The summed E-state index contributed by atoms with van der Waals surface area (Å²) in [5, 5.41) is 0. The van der Waals surface area contributed by atoms with E-state index in [4.69, 9.17) is 10.5 Å². The van der Waals surface area contributed by atoms with Gasteiger partial charge in [0, 0.05) is 32.8 Å². The molecule has 4 heteroatoms. The number of hydrogen-bond donors (Lipinski definition) is 1. The molecule has 1 amide bonds. The third-order valence-corrected chi connectivity index (χ3v) is 4.81. The number of likely N-dealkylation sites (tertiary alicyclic amines) is 1. The van der Waals surface area contributed by atoms with Crippen LogP contribution in [0.1, 0.15) is 39.0 Å². The van der Waals surface area contributed by atoms with Crippen molar-refractivity contribution in [2.45, 2.75) is 45.1 Å². The van der Waals surface area contributed by atoms with Crippen LogP contribution in [0.3, 0.4) is 0 Å². The second kappa shape index (κ2) is 6.71. The molecular formula is C15H28N2O2. The van der Waals surface area contributed by atoms with Crippen molar-refractivity contribution in [3.8, 4) is 0 Å². The van der Waals surface area contributed by atoms with Crippen molar-refractivity contribution in [3.63, 3.8) is 0 Å². The molecule has 2 N–H and O–H groups in total. The van der Waals surface area contributed by atoms with E-state index in [-0.39, 0.29) is 12.0 Å². The lowest BCUT2D eigenvalue weighted by Crippen LogP contribution is -2.49. The Hall–Kier alpha value is -0.610. The second-order valence-corrected chi connectivity index (χ2v) is 6.41. The van der Waals surface area contributed by atoms with Crippen molar-refractivity contribution in [2.24, 2.45) is 23.5 Å². The monoisotopic (exact) mass is 268 g/mol. The van der Waals surface area contributed by atoms with Gasteiger partial charge in [-0.05, 0) is 43.9 Å². The first kappa shape index (κ1) is 14.8. The Morgan fingerprint density at radius 2 is 1.95 bits per heavy atom. The van der Waals surface area contributed by atoms with Gasteiger partial charge in [0.25, 0.3) is 0 Å². The van der Waals surface area contributed by atoms with E-state index in [0.717, 1.165) is 45.4 Å². The largest absolute Gasteiger partial charge is 0.384 e.